The third-order valence-electron chi connectivity index (χ3n) is 3.07. The Kier molecular flexibility index (Phi) is 7.38. The highest BCUT2D eigenvalue weighted by Crippen LogP contribution is 2.34. The van der Waals surface area contributed by atoms with E-state index in [0.29, 0.717) is 5.92 Å². The summed E-state index contributed by atoms with van der Waals surface area (Å²) in [5.41, 5.74) is 5.54. The van der Waals surface area contributed by atoms with Crippen LogP contribution in [-0.4, -0.2) is 22.4 Å². The molecule has 0 heterocycles. The average Bonchev–Trinajstić information content (AvgIpc) is 2.37. The van der Waals surface area contributed by atoms with E-state index in [1.165, 1.54) is 25.8 Å². The van der Waals surface area contributed by atoms with Gasteiger partial charge < -0.3 is 15.1 Å². The van der Waals surface area contributed by atoms with E-state index >= 15 is 0 Å². The van der Waals surface area contributed by atoms with Crippen LogP contribution in [0, 0.1) is 10.5 Å². The first-order valence-electron chi connectivity index (χ1n) is 6.73. The van der Waals surface area contributed by atoms with Crippen LogP contribution in [0.5, 0.6) is 0 Å². The highest BCUT2D eigenvalue weighted by Gasteiger charge is 2.12. The van der Waals surface area contributed by atoms with E-state index in [0.717, 1.165) is 0 Å². The van der Waals surface area contributed by atoms with Crippen LogP contribution in [0.25, 0.3) is 11.1 Å². The zero-order valence-electron chi connectivity index (χ0n) is 12.4. The molecule has 2 rings (SSSR count). The highest BCUT2D eigenvalue weighted by atomic mass is 127. The first kappa shape index (κ1) is 18.2. The van der Waals surface area contributed by atoms with Crippen molar-refractivity contribution in [2.45, 2.75) is 26.7 Å². The molecule has 0 amide bonds. The summed E-state index contributed by atoms with van der Waals surface area (Å²) < 4.78 is 1.36. The van der Waals surface area contributed by atoms with Gasteiger partial charge in [-0.15, -0.1) is 0 Å². The van der Waals surface area contributed by atoms with Crippen molar-refractivity contribution >= 4 is 29.9 Å². The SMILES string of the molecule is Cc1ccccc1-c1cccc(I)c1C(C)C.OB(O)O. The molecule has 0 radical (unpaired) electrons. The van der Waals surface area contributed by atoms with E-state index in [4.69, 9.17) is 15.1 Å². The summed E-state index contributed by atoms with van der Waals surface area (Å²) in [6, 6.07) is 15.2. The Bertz CT molecular complexity index is 583. The fraction of sp³-hybridized carbons (Fsp3) is 0.250. The highest BCUT2D eigenvalue weighted by molar-refractivity contribution is 14.1. The van der Waals surface area contributed by atoms with Gasteiger partial charge in [0.05, 0.1) is 0 Å². The molecule has 2 aromatic carbocycles. The van der Waals surface area contributed by atoms with Gasteiger partial charge in [0.1, 0.15) is 0 Å². The second kappa shape index (κ2) is 8.53. The molecule has 0 spiro atoms. The third kappa shape index (κ3) is 5.43. The number of hydrogen-bond acceptors (Lipinski definition) is 3. The Balaban J connectivity index is 0.000000491. The zero-order valence-corrected chi connectivity index (χ0v) is 14.6. The van der Waals surface area contributed by atoms with Crippen molar-refractivity contribution in [3.8, 4) is 11.1 Å². The van der Waals surface area contributed by atoms with Gasteiger partial charge in [-0.05, 0) is 63.8 Å². The van der Waals surface area contributed by atoms with E-state index in [9.17, 15) is 0 Å². The number of rotatable bonds is 2. The second-order valence-electron chi connectivity index (χ2n) is 5.02. The first-order valence-corrected chi connectivity index (χ1v) is 7.81. The monoisotopic (exact) mass is 398 g/mol. The fourth-order valence-corrected chi connectivity index (χ4v) is 3.35. The van der Waals surface area contributed by atoms with E-state index < -0.39 is 7.32 Å². The lowest BCUT2D eigenvalue weighted by Gasteiger charge is -2.16. The smallest absolute Gasteiger partial charge is 0.402 e. The Morgan fingerprint density at radius 3 is 1.95 bits per heavy atom. The molecule has 0 aliphatic carbocycles. The molecule has 3 N–H and O–H groups in total. The summed E-state index contributed by atoms with van der Waals surface area (Å²) in [5.74, 6) is 0.553. The predicted octanol–water partition coefficient (Wildman–Crippen LogP) is 3.34. The lowest BCUT2D eigenvalue weighted by Crippen LogP contribution is -2.07. The Hall–Kier alpha value is -0.885. The minimum Gasteiger partial charge on any atom is -0.402 e. The molecule has 0 aromatic heterocycles. The largest absolute Gasteiger partial charge is 0.631 e. The molecule has 0 saturated heterocycles. The maximum atomic E-state index is 7.17. The molecule has 2 aromatic rings. The maximum absolute atomic E-state index is 7.17. The third-order valence-corrected chi connectivity index (χ3v) is 4.01. The number of aryl methyl sites for hydroxylation is 1. The van der Waals surface area contributed by atoms with Crippen LogP contribution in [-0.2, 0) is 0 Å². The average molecular weight is 398 g/mol. The topological polar surface area (TPSA) is 60.7 Å². The summed E-state index contributed by atoms with van der Waals surface area (Å²) in [7, 11) is -2.17. The molecule has 0 aliphatic heterocycles. The van der Waals surface area contributed by atoms with Gasteiger partial charge in [0.2, 0.25) is 0 Å². The van der Waals surface area contributed by atoms with Crippen molar-refractivity contribution in [3.63, 3.8) is 0 Å². The van der Waals surface area contributed by atoms with Gasteiger partial charge >= 0.3 is 7.32 Å². The summed E-state index contributed by atoms with van der Waals surface area (Å²) in [6.07, 6.45) is 0. The fourth-order valence-electron chi connectivity index (χ4n) is 2.23. The second-order valence-corrected chi connectivity index (χ2v) is 6.18. The molecule has 0 unspecified atom stereocenters. The quantitative estimate of drug-likeness (QED) is 0.538. The lowest BCUT2D eigenvalue weighted by atomic mass is 9.91. The Morgan fingerprint density at radius 2 is 1.43 bits per heavy atom. The van der Waals surface area contributed by atoms with Crippen molar-refractivity contribution < 1.29 is 15.1 Å². The lowest BCUT2D eigenvalue weighted by molar-refractivity contribution is 0.278. The molecule has 5 heteroatoms. The van der Waals surface area contributed by atoms with Crippen molar-refractivity contribution in [1.82, 2.24) is 0 Å². The van der Waals surface area contributed by atoms with Crippen molar-refractivity contribution in [2.24, 2.45) is 0 Å². The van der Waals surface area contributed by atoms with E-state index in [1.54, 1.807) is 0 Å². The van der Waals surface area contributed by atoms with Crippen LogP contribution in [0.3, 0.4) is 0 Å². The zero-order chi connectivity index (χ0) is 16.0. The normalized spacial score (nSPS) is 10.1. The van der Waals surface area contributed by atoms with Crippen molar-refractivity contribution in [2.75, 3.05) is 0 Å². The van der Waals surface area contributed by atoms with Gasteiger partial charge in [-0.1, -0.05) is 50.2 Å². The standard InChI is InChI=1S/C16H17I.BH3O3/c1-11(2)16-14(9-6-10-15(16)17)13-8-5-4-7-12(13)3;2-1(3)4/h4-11H,1-3H3;2-4H. The van der Waals surface area contributed by atoms with Crippen LogP contribution in [0.1, 0.15) is 30.9 Å². The van der Waals surface area contributed by atoms with Gasteiger partial charge in [0.25, 0.3) is 0 Å². The summed E-state index contributed by atoms with van der Waals surface area (Å²) in [6.45, 7) is 6.71. The molecule has 112 valence electrons. The summed E-state index contributed by atoms with van der Waals surface area (Å²) >= 11 is 2.44. The Morgan fingerprint density at radius 1 is 0.905 bits per heavy atom. The predicted molar refractivity (Wildman–Crippen MR) is 95.8 cm³/mol. The number of benzene rings is 2. The maximum Gasteiger partial charge on any atom is 0.631 e. The Labute approximate surface area is 140 Å². The van der Waals surface area contributed by atoms with Gasteiger partial charge in [-0.3, -0.25) is 0 Å². The number of halogens is 1. The van der Waals surface area contributed by atoms with E-state index in [2.05, 4.69) is 85.8 Å². The van der Waals surface area contributed by atoms with Crippen LogP contribution >= 0.6 is 22.6 Å². The van der Waals surface area contributed by atoms with Crippen LogP contribution in [0.4, 0.5) is 0 Å². The molecule has 21 heavy (non-hydrogen) atoms. The molecule has 0 aliphatic rings. The minimum atomic E-state index is -2.17. The van der Waals surface area contributed by atoms with E-state index in [-0.39, 0.29) is 0 Å². The molecular weight excluding hydrogens is 378 g/mol. The number of hydrogen-bond donors (Lipinski definition) is 3. The molecule has 0 bridgehead atoms. The van der Waals surface area contributed by atoms with Crippen LogP contribution in [0.2, 0.25) is 0 Å². The van der Waals surface area contributed by atoms with Gasteiger partial charge in [-0.25, -0.2) is 0 Å². The van der Waals surface area contributed by atoms with Crippen LogP contribution in [0.15, 0.2) is 42.5 Å². The minimum absolute atomic E-state index is 0.553. The molecule has 3 nitrogen and oxygen atoms in total. The van der Waals surface area contributed by atoms with E-state index in [1.807, 2.05) is 0 Å². The molecule has 0 fully saturated rings. The van der Waals surface area contributed by atoms with Gasteiger partial charge in [0, 0.05) is 3.57 Å². The molecule has 0 atom stereocenters. The van der Waals surface area contributed by atoms with Crippen molar-refractivity contribution in [3.05, 3.63) is 57.2 Å². The van der Waals surface area contributed by atoms with Gasteiger partial charge in [0.15, 0.2) is 0 Å². The summed E-state index contributed by atoms with van der Waals surface area (Å²) in [5, 5.41) is 21.5. The summed E-state index contributed by atoms with van der Waals surface area (Å²) in [4.78, 5) is 0. The first-order chi connectivity index (χ1) is 9.84. The molecular formula is C16H20BIO3. The van der Waals surface area contributed by atoms with Crippen molar-refractivity contribution in [1.29, 1.82) is 0 Å². The van der Waals surface area contributed by atoms with Crippen LogP contribution < -0.4 is 0 Å². The van der Waals surface area contributed by atoms with Gasteiger partial charge in [-0.2, -0.15) is 0 Å². The molecule has 0 saturated carbocycles.